The molecule has 1 aromatic carbocycles. The average Bonchev–Trinajstić information content (AvgIpc) is 2.83. The van der Waals surface area contributed by atoms with Crippen molar-refractivity contribution in [2.45, 2.75) is 17.7 Å². The summed E-state index contributed by atoms with van der Waals surface area (Å²) in [6.45, 7) is 0.619. The number of fused-ring (bicyclic) bond motifs is 1. The van der Waals surface area contributed by atoms with Crippen molar-refractivity contribution in [3.63, 3.8) is 0 Å². The van der Waals surface area contributed by atoms with Crippen LogP contribution in [0.15, 0.2) is 24.3 Å². The van der Waals surface area contributed by atoms with Crippen LogP contribution in [0, 0.1) is 0 Å². The first kappa shape index (κ1) is 19.2. The summed E-state index contributed by atoms with van der Waals surface area (Å²) in [5.41, 5.74) is 0.786. The highest BCUT2D eigenvalue weighted by Crippen LogP contribution is 2.22. The number of nitrogens with zero attached hydrogens (tertiary/aromatic N) is 1. The molecule has 0 fully saturated rings. The highest BCUT2D eigenvalue weighted by molar-refractivity contribution is 6.53. The van der Waals surface area contributed by atoms with E-state index in [-0.39, 0.29) is 43.8 Å². The van der Waals surface area contributed by atoms with Gasteiger partial charge in [-0.1, -0.05) is 35.3 Å². The van der Waals surface area contributed by atoms with E-state index in [1.54, 1.807) is 24.3 Å². The van der Waals surface area contributed by atoms with E-state index in [4.69, 9.17) is 23.2 Å². The number of halogens is 2. The van der Waals surface area contributed by atoms with Crippen molar-refractivity contribution in [3.05, 3.63) is 35.4 Å². The first-order valence-corrected chi connectivity index (χ1v) is 8.57. The Morgan fingerprint density at radius 3 is 2.12 bits per heavy atom. The molecular formula is C16H17Cl2N3O4. The van der Waals surface area contributed by atoms with Crippen LogP contribution in [0.2, 0.25) is 0 Å². The minimum atomic E-state index is -1.14. The maximum atomic E-state index is 12.2. The van der Waals surface area contributed by atoms with Gasteiger partial charge in [-0.05, 0) is 18.6 Å². The standard InChI is InChI=1S/C16H17Cl2N3O4/c17-13(18)14(23)20-8-7-19-12(22)6-3-9-21-15(24)10-4-1-2-5-11(10)16(21)25/h1-2,4-5,13H,3,6-9H2,(H,19,22)(H,20,23). The van der Waals surface area contributed by atoms with Gasteiger partial charge in [0.15, 0.2) is 4.84 Å². The number of amides is 4. The van der Waals surface area contributed by atoms with E-state index in [9.17, 15) is 19.2 Å². The van der Waals surface area contributed by atoms with E-state index < -0.39 is 10.7 Å². The molecule has 0 spiro atoms. The monoisotopic (exact) mass is 385 g/mol. The van der Waals surface area contributed by atoms with E-state index in [2.05, 4.69) is 10.6 Å². The number of rotatable bonds is 8. The van der Waals surface area contributed by atoms with E-state index in [0.29, 0.717) is 17.5 Å². The van der Waals surface area contributed by atoms with Crippen molar-refractivity contribution in [2.24, 2.45) is 0 Å². The summed E-state index contributed by atoms with van der Waals surface area (Å²) in [5, 5.41) is 5.06. The Balaban J connectivity index is 1.68. The molecule has 25 heavy (non-hydrogen) atoms. The van der Waals surface area contributed by atoms with Crippen LogP contribution in [0.5, 0.6) is 0 Å². The number of nitrogens with one attached hydrogen (secondary N) is 2. The molecular weight excluding hydrogens is 369 g/mol. The van der Waals surface area contributed by atoms with Crippen molar-refractivity contribution >= 4 is 46.8 Å². The zero-order valence-electron chi connectivity index (χ0n) is 13.3. The molecule has 134 valence electrons. The number of hydrogen-bond acceptors (Lipinski definition) is 4. The number of benzene rings is 1. The van der Waals surface area contributed by atoms with Gasteiger partial charge < -0.3 is 10.6 Å². The summed E-state index contributed by atoms with van der Waals surface area (Å²) in [7, 11) is 0. The van der Waals surface area contributed by atoms with Gasteiger partial charge in [0, 0.05) is 26.1 Å². The topological polar surface area (TPSA) is 95.6 Å². The molecule has 9 heteroatoms. The summed E-state index contributed by atoms with van der Waals surface area (Å²) < 4.78 is 0. The molecule has 4 amide bonds. The molecule has 1 aliphatic heterocycles. The third kappa shape index (κ3) is 4.93. The molecule has 0 unspecified atom stereocenters. The molecule has 0 radical (unpaired) electrons. The maximum absolute atomic E-state index is 12.2. The molecule has 1 aromatic rings. The van der Waals surface area contributed by atoms with E-state index in [0.717, 1.165) is 4.90 Å². The summed E-state index contributed by atoms with van der Waals surface area (Å²) in [4.78, 5) is 47.1. The van der Waals surface area contributed by atoms with Crippen molar-refractivity contribution in [1.82, 2.24) is 15.5 Å². The van der Waals surface area contributed by atoms with Crippen LogP contribution in [0.1, 0.15) is 33.6 Å². The average molecular weight is 386 g/mol. The smallest absolute Gasteiger partial charge is 0.261 e. The first-order chi connectivity index (χ1) is 11.9. The Hall–Kier alpha value is -2.12. The number of hydrogen-bond donors (Lipinski definition) is 2. The lowest BCUT2D eigenvalue weighted by Gasteiger charge is -2.13. The third-order valence-corrected chi connectivity index (χ3v) is 4.00. The summed E-state index contributed by atoms with van der Waals surface area (Å²) in [5.74, 6) is -1.43. The highest BCUT2D eigenvalue weighted by Gasteiger charge is 2.34. The fourth-order valence-electron chi connectivity index (χ4n) is 2.39. The fourth-order valence-corrected chi connectivity index (χ4v) is 2.55. The zero-order valence-corrected chi connectivity index (χ0v) is 14.8. The van der Waals surface area contributed by atoms with Gasteiger partial charge in [0.05, 0.1) is 11.1 Å². The van der Waals surface area contributed by atoms with Crippen molar-refractivity contribution in [3.8, 4) is 0 Å². The third-order valence-electron chi connectivity index (χ3n) is 3.61. The van der Waals surface area contributed by atoms with Crippen molar-refractivity contribution in [1.29, 1.82) is 0 Å². The molecule has 0 saturated heterocycles. The second-order valence-electron chi connectivity index (χ2n) is 5.35. The van der Waals surface area contributed by atoms with Crippen molar-refractivity contribution < 1.29 is 19.2 Å². The predicted octanol–water partition coefficient (Wildman–Crippen LogP) is 1.10. The van der Waals surface area contributed by atoms with Gasteiger partial charge in [-0.15, -0.1) is 0 Å². The molecule has 0 aromatic heterocycles. The fraction of sp³-hybridized carbons (Fsp3) is 0.375. The summed E-state index contributed by atoms with van der Waals surface area (Å²) in [6.07, 6.45) is 0.518. The molecule has 1 aliphatic rings. The highest BCUT2D eigenvalue weighted by atomic mass is 35.5. The SMILES string of the molecule is O=C(CCCN1C(=O)c2ccccc2C1=O)NCCNC(=O)C(Cl)Cl. The molecule has 1 heterocycles. The van der Waals surface area contributed by atoms with Gasteiger partial charge in [-0.25, -0.2) is 0 Å². The first-order valence-electron chi connectivity index (χ1n) is 7.69. The lowest BCUT2D eigenvalue weighted by Crippen LogP contribution is -2.37. The Labute approximate surface area is 154 Å². The number of imide groups is 1. The second kappa shape index (κ2) is 8.82. The Morgan fingerprint density at radius 1 is 1.00 bits per heavy atom. The van der Waals surface area contributed by atoms with Crippen LogP contribution in [0.3, 0.4) is 0 Å². The van der Waals surface area contributed by atoms with Gasteiger partial charge in [-0.3, -0.25) is 24.1 Å². The Bertz CT molecular complexity index is 659. The normalized spacial score (nSPS) is 13.2. The van der Waals surface area contributed by atoms with Gasteiger partial charge in [0.1, 0.15) is 0 Å². The van der Waals surface area contributed by atoms with Crippen LogP contribution in [-0.4, -0.2) is 53.0 Å². The molecule has 2 rings (SSSR count). The van der Waals surface area contributed by atoms with Crippen LogP contribution >= 0.6 is 23.2 Å². The van der Waals surface area contributed by atoms with Gasteiger partial charge >= 0.3 is 0 Å². The van der Waals surface area contributed by atoms with Crippen LogP contribution < -0.4 is 10.6 Å². The van der Waals surface area contributed by atoms with Gasteiger partial charge in [0.25, 0.3) is 17.7 Å². The molecule has 0 atom stereocenters. The quantitative estimate of drug-likeness (QED) is 0.397. The minimum Gasteiger partial charge on any atom is -0.354 e. The zero-order chi connectivity index (χ0) is 18.4. The predicted molar refractivity (Wildman–Crippen MR) is 92.6 cm³/mol. The summed E-state index contributed by atoms with van der Waals surface area (Å²) in [6, 6.07) is 6.64. The number of carbonyl (C=O) groups excluding carboxylic acids is 4. The molecule has 0 aliphatic carbocycles. The van der Waals surface area contributed by atoms with Crippen molar-refractivity contribution in [2.75, 3.05) is 19.6 Å². The van der Waals surface area contributed by atoms with Gasteiger partial charge in [-0.2, -0.15) is 0 Å². The Morgan fingerprint density at radius 2 is 1.56 bits per heavy atom. The van der Waals surface area contributed by atoms with E-state index in [1.807, 2.05) is 0 Å². The largest absolute Gasteiger partial charge is 0.354 e. The molecule has 0 bridgehead atoms. The molecule has 2 N–H and O–H groups in total. The summed E-state index contributed by atoms with van der Waals surface area (Å²) >= 11 is 10.7. The molecule has 0 saturated carbocycles. The lowest BCUT2D eigenvalue weighted by atomic mass is 10.1. The van der Waals surface area contributed by atoms with Crippen LogP contribution in [0.25, 0.3) is 0 Å². The van der Waals surface area contributed by atoms with Crippen LogP contribution in [-0.2, 0) is 9.59 Å². The number of carbonyl (C=O) groups is 4. The lowest BCUT2D eigenvalue weighted by molar-refractivity contribution is -0.122. The minimum absolute atomic E-state index is 0.162. The van der Waals surface area contributed by atoms with E-state index in [1.165, 1.54) is 0 Å². The van der Waals surface area contributed by atoms with Gasteiger partial charge in [0.2, 0.25) is 5.91 Å². The van der Waals surface area contributed by atoms with Crippen LogP contribution in [0.4, 0.5) is 0 Å². The Kier molecular flexibility index (Phi) is 6.78. The second-order valence-corrected chi connectivity index (χ2v) is 6.45. The number of alkyl halides is 2. The molecule has 7 nitrogen and oxygen atoms in total. The van der Waals surface area contributed by atoms with E-state index >= 15 is 0 Å². The maximum Gasteiger partial charge on any atom is 0.261 e.